The molecule has 0 atom stereocenters. The van der Waals surface area contributed by atoms with Crippen LogP contribution in [-0.4, -0.2) is 4.98 Å². The molecule has 0 bridgehead atoms. The summed E-state index contributed by atoms with van der Waals surface area (Å²) >= 11 is 0. The van der Waals surface area contributed by atoms with E-state index in [9.17, 15) is 13.2 Å². The summed E-state index contributed by atoms with van der Waals surface area (Å²) in [6.07, 6.45) is 3.18. The fraction of sp³-hybridized carbons (Fsp3) is 0. The zero-order valence-electron chi connectivity index (χ0n) is 10.7. The molecule has 0 aliphatic heterocycles. The summed E-state index contributed by atoms with van der Waals surface area (Å²) in [6, 6.07) is 6.84. The largest absolute Gasteiger partial charge is 0.398 e. The van der Waals surface area contributed by atoms with E-state index < -0.39 is 17.5 Å². The quantitative estimate of drug-likeness (QED) is 0.554. The first-order chi connectivity index (χ1) is 10.1. The summed E-state index contributed by atoms with van der Waals surface area (Å²) in [7, 11) is 0. The molecule has 0 fully saturated rings. The Balaban J connectivity index is 2.09. The van der Waals surface area contributed by atoms with Crippen LogP contribution in [0.5, 0.6) is 0 Å². The molecule has 0 aliphatic rings. The normalized spacial score (nSPS) is 10.8. The van der Waals surface area contributed by atoms with Gasteiger partial charge in [-0.1, -0.05) is 0 Å². The standard InChI is InChI=1S/C15H10F3N3/c16-11-5-8(6-12(17)15(11)18)21-14-2-1-13(19)9-3-4-20-7-10(9)14/h1-7,21H,19H2. The molecule has 3 N–H and O–H groups in total. The maximum Gasteiger partial charge on any atom is 0.194 e. The third kappa shape index (κ3) is 2.35. The average molecular weight is 289 g/mol. The number of halogens is 3. The third-order valence-electron chi connectivity index (χ3n) is 3.11. The topological polar surface area (TPSA) is 50.9 Å². The van der Waals surface area contributed by atoms with E-state index in [1.54, 1.807) is 30.6 Å². The Morgan fingerprint density at radius 3 is 2.38 bits per heavy atom. The average Bonchev–Trinajstić information content (AvgIpc) is 2.48. The minimum atomic E-state index is -1.50. The molecular weight excluding hydrogens is 279 g/mol. The zero-order valence-corrected chi connectivity index (χ0v) is 10.7. The molecule has 1 heterocycles. The second kappa shape index (κ2) is 4.97. The van der Waals surface area contributed by atoms with E-state index in [1.807, 2.05) is 0 Å². The maximum absolute atomic E-state index is 13.2. The van der Waals surface area contributed by atoms with E-state index in [4.69, 9.17) is 5.73 Å². The van der Waals surface area contributed by atoms with Crippen LogP contribution < -0.4 is 11.1 Å². The summed E-state index contributed by atoms with van der Waals surface area (Å²) in [4.78, 5) is 4.00. The molecule has 0 spiro atoms. The first-order valence-corrected chi connectivity index (χ1v) is 6.10. The van der Waals surface area contributed by atoms with Crippen molar-refractivity contribution in [1.29, 1.82) is 0 Å². The molecule has 0 radical (unpaired) electrons. The van der Waals surface area contributed by atoms with Crippen LogP contribution in [0.1, 0.15) is 0 Å². The van der Waals surface area contributed by atoms with Crippen molar-refractivity contribution in [3.05, 3.63) is 60.2 Å². The number of benzene rings is 2. The van der Waals surface area contributed by atoms with E-state index in [2.05, 4.69) is 10.3 Å². The molecule has 2 aromatic carbocycles. The van der Waals surface area contributed by atoms with Gasteiger partial charge in [0, 0.05) is 52.4 Å². The molecular formula is C15H10F3N3. The van der Waals surface area contributed by atoms with Crippen LogP contribution >= 0.6 is 0 Å². The number of rotatable bonds is 2. The summed E-state index contributed by atoms with van der Waals surface area (Å²) in [5.74, 6) is -4.00. The van der Waals surface area contributed by atoms with Crippen LogP contribution in [-0.2, 0) is 0 Å². The molecule has 106 valence electrons. The fourth-order valence-corrected chi connectivity index (χ4v) is 2.11. The van der Waals surface area contributed by atoms with Crippen molar-refractivity contribution in [3.63, 3.8) is 0 Å². The van der Waals surface area contributed by atoms with Crippen LogP contribution in [0.25, 0.3) is 10.8 Å². The van der Waals surface area contributed by atoms with Crippen molar-refractivity contribution in [2.24, 2.45) is 0 Å². The van der Waals surface area contributed by atoms with Crippen molar-refractivity contribution in [3.8, 4) is 0 Å². The predicted molar refractivity (Wildman–Crippen MR) is 75.8 cm³/mol. The van der Waals surface area contributed by atoms with Gasteiger partial charge in [0.15, 0.2) is 17.5 Å². The number of pyridine rings is 1. The van der Waals surface area contributed by atoms with E-state index in [0.29, 0.717) is 16.8 Å². The number of hydrogen-bond donors (Lipinski definition) is 2. The predicted octanol–water partition coefficient (Wildman–Crippen LogP) is 3.98. The van der Waals surface area contributed by atoms with Gasteiger partial charge in [-0.2, -0.15) is 0 Å². The summed E-state index contributed by atoms with van der Waals surface area (Å²) in [6.45, 7) is 0. The van der Waals surface area contributed by atoms with Crippen molar-refractivity contribution in [2.45, 2.75) is 0 Å². The Labute approximate surface area is 118 Å². The number of nitrogen functional groups attached to an aromatic ring is 1. The smallest absolute Gasteiger partial charge is 0.194 e. The molecule has 3 rings (SSSR count). The highest BCUT2D eigenvalue weighted by Gasteiger charge is 2.11. The minimum Gasteiger partial charge on any atom is -0.398 e. The molecule has 0 saturated carbocycles. The van der Waals surface area contributed by atoms with Crippen molar-refractivity contribution in [1.82, 2.24) is 4.98 Å². The van der Waals surface area contributed by atoms with Gasteiger partial charge in [0.1, 0.15) is 0 Å². The Morgan fingerprint density at radius 1 is 0.952 bits per heavy atom. The van der Waals surface area contributed by atoms with Gasteiger partial charge in [-0.05, 0) is 18.2 Å². The van der Waals surface area contributed by atoms with Gasteiger partial charge in [-0.25, -0.2) is 13.2 Å². The van der Waals surface area contributed by atoms with E-state index in [1.165, 1.54) is 0 Å². The van der Waals surface area contributed by atoms with Crippen molar-refractivity contribution in [2.75, 3.05) is 11.1 Å². The number of anilines is 3. The van der Waals surface area contributed by atoms with Gasteiger partial charge in [-0.15, -0.1) is 0 Å². The van der Waals surface area contributed by atoms with Crippen molar-refractivity contribution < 1.29 is 13.2 Å². The van der Waals surface area contributed by atoms with E-state index in [0.717, 1.165) is 17.5 Å². The van der Waals surface area contributed by atoms with E-state index in [-0.39, 0.29) is 5.69 Å². The minimum absolute atomic E-state index is 0.0984. The van der Waals surface area contributed by atoms with Crippen LogP contribution in [0.3, 0.4) is 0 Å². The lowest BCUT2D eigenvalue weighted by Gasteiger charge is -2.11. The van der Waals surface area contributed by atoms with Gasteiger partial charge in [0.05, 0.1) is 0 Å². The summed E-state index contributed by atoms with van der Waals surface area (Å²) in [5, 5.41) is 4.30. The molecule has 21 heavy (non-hydrogen) atoms. The lowest BCUT2D eigenvalue weighted by molar-refractivity contribution is 0.448. The second-order valence-corrected chi connectivity index (χ2v) is 4.50. The van der Waals surface area contributed by atoms with E-state index >= 15 is 0 Å². The summed E-state index contributed by atoms with van der Waals surface area (Å²) < 4.78 is 39.4. The van der Waals surface area contributed by atoms with Gasteiger partial charge in [0.2, 0.25) is 0 Å². The summed E-state index contributed by atoms with van der Waals surface area (Å²) in [5.41, 5.74) is 7.09. The van der Waals surface area contributed by atoms with Gasteiger partial charge in [0.25, 0.3) is 0 Å². The second-order valence-electron chi connectivity index (χ2n) is 4.50. The Kier molecular flexibility index (Phi) is 3.13. The first kappa shape index (κ1) is 13.2. The maximum atomic E-state index is 13.2. The molecule has 6 heteroatoms. The lowest BCUT2D eigenvalue weighted by Crippen LogP contribution is -1.98. The highest BCUT2D eigenvalue weighted by atomic mass is 19.2. The number of nitrogens with zero attached hydrogens (tertiary/aromatic N) is 1. The molecule has 1 aromatic heterocycles. The lowest BCUT2D eigenvalue weighted by atomic mass is 10.1. The molecule has 0 amide bonds. The molecule has 0 unspecified atom stereocenters. The highest BCUT2D eigenvalue weighted by Crippen LogP contribution is 2.30. The van der Waals surface area contributed by atoms with Gasteiger partial charge >= 0.3 is 0 Å². The van der Waals surface area contributed by atoms with Crippen LogP contribution in [0, 0.1) is 17.5 Å². The zero-order chi connectivity index (χ0) is 15.0. The fourth-order valence-electron chi connectivity index (χ4n) is 2.11. The molecule has 0 aliphatic carbocycles. The van der Waals surface area contributed by atoms with Gasteiger partial charge < -0.3 is 11.1 Å². The number of fused-ring (bicyclic) bond motifs is 1. The Hall–Kier alpha value is -2.76. The number of hydrogen-bond acceptors (Lipinski definition) is 3. The number of nitrogens with two attached hydrogens (primary N) is 1. The molecule has 0 saturated heterocycles. The third-order valence-corrected chi connectivity index (χ3v) is 3.11. The van der Waals surface area contributed by atoms with Crippen LogP contribution in [0.15, 0.2) is 42.7 Å². The van der Waals surface area contributed by atoms with Gasteiger partial charge in [-0.3, -0.25) is 4.98 Å². The Morgan fingerprint density at radius 2 is 1.67 bits per heavy atom. The number of nitrogens with one attached hydrogen (secondary N) is 1. The SMILES string of the molecule is Nc1ccc(Nc2cc(F)c(F)c(F)c2)c2cnccc12. The van der Waals surface area contributed by atoms with Crippen molar-refractivity contribution >= 4 is 27.8 Å². The van der Waals surface area contributed by atoms with Crippen LogP contribution in [0.4, 0.5) is 30.2 Å². The number of aromatic nitrogens is 1. The first-order valence-electron chi connectivity index (χ1n) is 6.10. The highest BCUT2D eigenvalue weighted by molar-refractivity contribution is 6.01. The molecule has 3 nitrogen and oxygen atoms in total. The Bertz CT molecular complexity index is 811. The van der Waals surface area contributed by atoms with Crippen LogP contribution in [0.2, 0.25) is 0 Å². The molecule has 3 aromatic rings. The monoisotopic (exact) mass is 289 g/mol.